The first-order valence-electron chi connectivity index (χ1n) is 2.75. The van der Waals surface area contributed by atoms with Crippen LogP contribution in [0.1, 0.15) is 13.3 Å². The van der Waals surface area contributed by atoms with E-state index in [4.69, 9.17) is 16.7 Å². The lowest BCUT2D eigenvalue weighted by atomic mass is 10.2. The maximum Gasteiger partial charge on any atom is 0.0716 e. The Morgan fingerprint density at radius 2 is 2.38 bits per heavy atom. The van der Waals surface area contributed by atoms with Crippen molar-refractivity contribution < 1.29 is 5.11 Å². The highest BCUT2D eigenvalue weighted by Crippen LogP contribution is 1.87. The van der Waals surface area contributed by atoms with E-state index in [1.807, 2.05) is 6.92 Å². The van der Waals surface area contributed by atoms with Crippen LogP contribution in [0.25, 0.3) is 0 Å². The maximum atomic E-state index is 8.54. The van der Waals surface area contributed by atoms with Crippen LogP contribution < -0.4 is 5.32 Å². The summed E-state index contributed by atoms with van der Waals surface area (Å²) >= 11 is 5.33. The van der Waals surface area contributed by atoms with Gasteiger partial charge in [-0.25, -0.2) is 0 Å². The van der Waals surface area contributed by atoms with Gasteiger partial charge in [-0.3, -0.25) is 5.32 Å². The number of hydrogen-bond acceptors (Lipinski definition) is 2. The van der Waals surface area contributed by atoms with Gasteiger partial charge in [0.1, 0.15) is 0 Å². The molecule has 0 rings (SSSR count). The van der Waals surface area contributed by atoms with E-state index in [1.165, 1.54) is 0 Å². The Labute approximate surface area is 54.8 Å². The molecule has 50 valence electrons. The van der Waals surface area contributed by atoms with Crippen LogP contribution in [0.4, 0.5) is 0 Å². The molecule has 0 aliphatic heterocycles. The number of aliphatic hydroxyl groups is 1. The van der Waals surface area contributed by atoms with Crippen LogP contribution in [0.3, 0.4) is 0 Å². The number of aliphatic hydroxyl groups excluding tert-OH is 1. The largest absolute Gasteiger partial charge is 0.395 e. The molecule has 0 radical (unpaired) electrons. The molecule has 0 saturated heterocycles. The molecule has 0 saturated carbocycles. The van der Waals surface area contributed by atoms with Gasteiger partial charge in [-0.2, -0.15) is 0 Å². The van der Waals surface area contributed by atoms with Gasteiger partial charge in [-0.1, -0.05) is 6.92 Å². The van der Waals surface area contributed by atoms with E-state index >= 15 is 0 Å². The topological polar surface area (TPSA) is 32.3 Å². The van der Waals surface area contributed by atoms with Crippen LogP contribution in [-0.4, -0.2) is 23.8 Å². The Morgan fingerprint density at radius 3 is 2.50 bits per heavy atom. The standard InChI is InChI=1S/C5H12ClNO/c1-2-5(3-8)7-4-6/h5,7-8H,2-4H2,1H3. The van der Waals surface area contributed by atoms with E-state index in [1.54, 1.807) is 0 Å². The summed E-state index contributed by atoms with van der Waals surface area (Å²) in [5.41, 5.74) is 0. The third kappa shape index (κ3) is 3.24. The molecule has 0 fully saturated rings. The lowest BCUT2D eigenvalue weighted by Gasteiger charge is -2.09. The van der Waals surface area contributed by atoms with Crippen molar-refractivity contribution in [2.75, 3.05) is 12.6 Å². The van der Waals surface area contributed by atoms with Crippen LogP contribution in [0.2, 0.25) is 0 Å². The summed E-state index contributed by atoms with van der Waals surface area (Å²) < 4.78 is 0. The van der Waals surface area contributed by atoms with Crippen molar-refractivity contribution in [3.05, 3.63) is 0 Å². The molecule has 2 N–H and O–H groups in total. The van der Waals surface area contributed by atoms with Gasteiger partial charge in [0.05, 0.1) is 12.6 Å². The Morgan fingerprint density at radius 1 is 1.75 bits per heavy atom. The Kier molecular flexibility index (Phi) is 5.49. The molecule has 0 aromatic carbocycles. The molecule has 0 aliphatic carbocycles. The molecule has 0 amide bonds. The summed E-state index contributed by atoms with van der Waals surface area (Å²) in [7, 11) is 0. The van der Waals surface area contributed by atoms with Crippen LogP contribution in [-0.2, 0) is 0 Å². The summed E-state index contributed by atoms with van der Waals surface area (Å²) in [6.45, 7) is 2.17. The normalized spacial score (nSPS) is 13.9. The van der Waals surface area contributed by atoms with Gasteiger partial charge in [0.2, 0.25) is 0 Å². The molecule has 1 unspecified atom stereocenters. The second kappa shape index (κ2) is 5.35. The van der Waals surface area contributed by atoms with E-state index in [-0.39, 0.29) is 12.6 Å². The molecule has 0 aromatic heterocycles. The fraction of sp³-hybridized carbons (Fsp3) is 1.00. The number of alkyl halides is 1. The molecule has 0 bridgehead atoms. The first-order valence-corrected chi connectivity index (χ1v) is 3.28. The number of nitrogens with one attached hydrogen (secondary N) is 1. The summed E-state index contributed by atoms with van der Waals surface area (Å²) in [6, 6.07) is 0.589. The molecule has 0 spiro atoms. The molecule has 1 atom stereocenters. The van der Waals surface area contributed by atoms with Gasteiger partial charge in [-0.05, 0) is 6.42 Å². The molecule has 0 heterocycles. The van der Waals surface area contributed by atoms with Crippen molar-refractivity contribution in [3.63, 3.8) is 0 Å². The van der Waals surface area contributed by atoms with E-state index < -0.39 is 0 Å². The second-order valence-electron chi connectivity index (χ2n) is 1.63. The summed E-state index contributed by atoms with van der Waals surface area (Å²) in [4.78, 5) is 0. The molecular weight excluding hydrogens is 126 g/mol. The van der Waals surface area contributed by atoms with Crippen molar-refractivity contribution in [1.29, 1.82) is 0 Å². The second-order valence-corrected chi connectivity index (χ2v) is 1.89. The zero-order valence-electron chi connectivity index (χ0n) is 5.02. The zero-order chi connectivity index (χ0) is 6.41. The predicted octanol–water partition coefficient (Wildman–Crippen LogP) is 0.543. The fourth-order valence-corrected chi connectivity index (χ4v) is 0.665. The van der Waals surface area contributed by atoms with Crippen molar-refractivity contribution in [1.82, 2.24) is 5.32 Å². The summed E-state index contributed by atoms with van der Waals surface area (Å²) in [5.74, 6) is 0. The van der Waals surface area contributed by atoms with Crippen molar-refractivity contribution in [2.24, 2.45) is 0 Å². The SMILES string of the molecule is CCC(CO)NCCl. The summed E-state index contributed by atoms with van der Waals surface area (Å²) in [6.07, 6.45) is 0.920. The molecule has 0 aromatic rings. The highest BCUT2D eigenvalue weighted by molar-refractivity contribution is 6.17. The van der Waals surface area contributed by atoms with Crippen LogP contribution in [0, 0.1) is 0 Å². The smallest absolute Gasteiger partial charge is 0.0716 e. The van der Waals surface area contributed by atoms with Crippen molar-refractivity contribution in [2.45, 2.75) is 19.4 Å². The molecule has 3 heteroatoms. The fourth-order valence-electron chi connectivity index (χ4n) is 0.447. The zero-order valence-corrected chi connectivity index (χ0v) is 5.78. The highest BCUT2D eigenvalue weighted by Gasteiger charge is 1.99. The average Bonchev–Trinajstić information content (AvgIpc) is 1.83. The van der Waals surface area contributed by atoms with E-state index in [9.17, 15) is 0 Å². The lowest BCUT2D eigenvalue weighted by molar-refractivity contribution is 0.244. The number of halogens is 1. The van der Waals surface area contributed by atoms with Gasteiger partial charge in [0.15, 0.2) is 0 Å². The summed E-state index contributed by atoms with van der Waals surface area (Å²) in [5, 5.41) is 11.4. The van der Waals surface area contributed by atoms with E-state index in [0.29, 0.717) is 6.00 Å². The molecular formula is C5H12ClNO. The van der Waals surface area contributed by atoms with Gasteiger partial charge in [-0.15, -0.1) is 11.6 Å². The predicted molar refractivity (Wildman–Crippen MR) is 35.0 cm³/mol. The molecule has 0 aliphatic rings. The van der Waals surface area contributed by atoms with E-state index in [0.717, 1.165) is 6.42 Å². The van der Waals surface area contributed by atoms with Crippen molar-refractivity contribution in [3.8, 4) is 0 Å². The van der Waals surface area contributed by atoms with Crippen LogP contribution in [0.15, 0.2) is 0 Å². The third-order valence-corrected chi connectivity index (χ3v) is 1.23. The van der Waals surface area contributed by atoms with Gasteiger partial charge in [0.25, 0.3) is 0 Å². The number of rotatable bonds is 4. The maximum absolute atomic E-state index is 8.54. The minimum absolute atomic E-state index is 0.170. The molecule has 2 nitrogen and oxygen atoms in total. The van der Waals surface area contributed by atoms with Gasteiger partial charge >= 0.3 is 0 Å². The van der Waals surface area contributed by atoms with Crippen molar-refractivity contribution >= 4 is 11.6 Å². The Balaban J connectivity index is 3.07. The highest BCUT2D eigenvalue weighted by atomic mass is 35.5. The minimum atomic E-state index is 0.170. The lowest BCUT2D eigenvalue weighted by Crippen LogP contribution is -2.30. The van der Waals surface area contributed by atoms with Crippen LogP contribution >= 0.6 is 11.6 Å². The average molecular weight is 138 g/mol. The minimum Gasteiger partial charge on any atom is -0.395 e. The van der Waals surface area contributed by atoms with Gasteiger partial charge < -0.3 is 5.11 Å². The molecule has 8 heavy (non-hydrogen) atoms. The Bertz CT molecular complexity index is 47.7. The quantitative estimate of drug-likeness (QED) is 0.438. The monoisotopic (exact) mass is 137 g/mol. The third-order valence-electron chi connectivity index (χ3n) is 1.08. The number of hydrogen-bond donors (Lipinski definition) is 2. The van der Waals surface area contributed by atoms with Crippen LogP contribution in [0.5, 0.6) is 0 Å². The van der Waals surface area contributed by atoms with Gasteiger partial charge in [0, 0.05) is 6.04 Å². The van der Waals surface area contributed by atoms with E-state index in [2.05, 4.69) is 5.32 Å². The first kappa shape index (κ1) is 8.21. The Hall–Kier alpha value is 0.210. The first-order chi connectivity index (χ1) is 3.85.